The van der Waals surface area contributed by atoms with Crippen molar-refractivity contribution in [2.45, 2.75) is 39.2 Å². The Balaban J connectivity index is 0.00000441. The highest BCUT2D eigenvalue weighted by Crippen LogP contribution is 2.28. The van der Waals surface area contributed by atoms with E-state index in [2.05, 4.69) is 15.6 Å². The summed E-state index contributed by atoms with van der Waals surface area (Å²) in [6, 6.07) is 0. The van der Waals surface area contributed by atoms with E-state index in [9.17, 15) is 4.79 Å². The second kappa shape index (κ2) is 10.3. The van der Waals surface area contributed by atoms with Gasteiger partial charge in [-0.15, -0.1) is 24.0 Å². The Morgan fingerprint density at radius 2 is 2.00 bits per heavy atom. The smallest absolute Gasteiger partial charge is 0.240 e. The zero-order valence-corrected chi connectivity index (χ0v) is 16.8. The van der Waals surface area contributed by atoms with Crippen molar-refractivity contribution in [1.29, 1.82) is 0 Å². The first kappa shape index (κ1) is 21.4. The fraction of sp³-hybridized carbons (Fsp3) is 0.867. The highest BCUT2D eigenvalue weighted by molar-refractivity contribution is 14.0. The molecule has 1 amide bonds. The maximum atomic E-state index is 11.9. The van der Waals surface area contributed by atoms with Gasteiger partial charge in [0.2, 0.25) is 5.91 Å². The van der Waals surface area contributed by atoms with E-state index in [1.165, 1.54) is 12.8 Å². The first-order valence-electron chi connectivity index (χ1n) is 7.62. The maximum absolute atomic E-state index is 11.9. The van der Waals surface area contributed by atoms with E-state index in [-0.39, 0.29) is 42.0 Å². The third-order valence-corrected chi connectivity index (χ3v) is 3.05. The van der Waals surface area contributed by atoms with E-state index < -0.39 is 0 Å². The lowest BCUT2D eigenvalue weighted by atomic mass is 10.1. The van der Waals surface area contributed by atoms with Crippen molar-refractivity contribution < 1.29 is 9.53 Å². The zero-order valence-electron chi connectivity index (χ0n) is 14.4. The summed E-state index contributed by atoms with van der Waals surface area (Å²) < 4.78 is 5.56. The summed E-state index contributed by atoms with van der Waals surface area (Å²) in [5.74, 6) is 1.47. The molecule has 0 aliphatic heterocycles. The van der Waals surface area contributed by atoms with Crippen LogP contribution in [0.5, 0.6) is 0 Å². The molecule has 6 nitrogen and oxygen atoms in total. The molecule has 22 heavy (non-hydrogen) atoms. The van der Waals surface area contributed by atoms with Gasteiger partial charge in [0, 0.05) is 32.8 Å². The first-order chi connectivity index (χ1) is 9.81. The van der Waals surface area contributed by atoms with Crippen molar-refractivity contribution in [2.75, 3.05) is 40.4 Å². The van der Waals surface area contributed by atoms with Crippen LogP contribution in [0.1, 0.15) is 33.6 Å². The molecule has 130 valence electrons. The van der Waals surface area contributed by atoms with Crippen molar-refractivity contribution in [1.82, 2.24) is 15.5 Å². The van der Waals surface area contributed by atoms with Gasteiger partial charge in [-0.2, -0.15) is 0 Å². The molecule has 0 aromatic carbocycles. The van der Waals surface area contributed by atoms with E-state index in [0.29, 0.717) is 19.1 Å². The van der Waals surface area contributed by atoms with E-state index >= 15 is 0 Å². The number of carbonyl (C=O) groups excluding carboxylic acids is 1. The Labute approximate surface area is 151 Å². The van der Waals surface area contributed by atoms with Crippen LogP contribution in [-0.2, 0) is 9.53 Å². The predicted molar refractivity (Wildman–Crippen MR) is 101 cm³/mol. The van der Waals surface area contributed by atoms with E-state index in [0.717, 1.165) is 12.5 Å². The Morgan fingerprint density at radius 1 is 1.36 bits per heavy atom. The molecular formula is C15H31IN4O2. The number of guanidine groups is 1. The number of amides is 1. The number of ether oxygens (including phenoxy) is 1. The van der Waals surface area contributed by atoms with Crippen LogP contribution in [0.4, 0.5) is 0 Å². The van der Waals surface area contributed by atoms with Crippen molar-refractivity contribution >= 4 is 35.8 Å². The maximum Gasteiger partial charge on any atom is 0.240 e. The first-order valence-corrected chi connectivity index (χ1v) is 7.62. The number of hydrogen-bond acceptors (Lipinski definition) is 3. The summed E-state index contributed by atoms with van der Waals surface area (Å²) in [4.78, 5) is 17.9. The largest absolute Gasteiger partial charge is 0.379 e. The van der Waals surface area contributed by atoms with Crippen LogP contribution >= 0.6 is 24.0 Å². The number of aliphatic imine (C=N–C) groups is 1. The van der Waals surface area contributed by atoms with Crippen LogP contribution in [0, 0.1) is 5.92 Å². The molecule has 0 aromatic rings. The third-order valence-electron chi connectivity index (χ3n) is 3.05. The molecule has 0 saturated heterocycles. The molecule has 2 N–H and O–H groups in total. The Hall–Kier alpha value is -0.570. The Bertz CT molecular complexity index is 365. The van der Waals surface area contributed by atoms with Crippen molar-refractivity contribution in [2.24, 2.45) is 10.9 Å². The van der Waals surface area contributed by atoms with Gasteiger partial charge in [0.25, 0.3) is 0 Å². The van der Waals surface area contributed by atoms with Gasteiger partial charge in [0.1, 0.15) is 0 Å². The number of hydrogen-bond donors (Lipinski definition) is 2. The van der Waals surface area contributed by atoms with Gasteiger partial charge in [-0.3, -0.25) is 9.79 Å². The number of nitrogens with zero attached hydrogens (tertiary/aromatic N) is 2. The Morgan fingerprint density at radius 3 is 2.50 bits per heavy atom. The second-order valence-electron chi connectivity index (χ2n) is 6.65. The van der Waals surface area contributed by atoms with Crippen LogP contribution < -0.4 is 10.6 Å². The molecule has 0 atom stereocenters. The van der Waals surface area contributed by atoms with Crippen LogP contribution in [0.2, 0.25) is 0 Å². The average Bonchev–Trinajstić information content (AvgIpc) is 3.14. The lowest BCUT2D eigenvalue weighted by Gasteiger charge is -2.25. The minimum absolute atomic E-state index is 0. The number of likely N-dealkylation sites (N-methyl/N-ethyl adjacent to an activating group) is 1. The number of nitrogens with one attached hydrogen (secondary N) is 2. The molecule has 1 saturated carbocycles. The summed E-state index contributed by atoms with van der Waals surface area (Å²) in [6.45, 7) is 8.41. The number of halogens is 1. The van der Waals surface area contributed by atoms with E-state index in [1.807, 2.05) is 32.7 Å². The van der Waals surface area contributed by atoms with Crippen LogP contribution in [0.25, 0.3) is 0 Å². The van der Waals surface area contributed by atoms with Gasteiger partial charge in [-0.25, -0.2) is 0 Å². The fourth-order valence-corrected chi connectivity index (χ4v) is 1.90. The molecule has 0 heterocycles. The topological polar surface area (TPSA) is 66.0 Å². The minimum Gasteiger partial charge on any atom is -0.379 e. The van der Waals surface area contributed by atoms with Gasteiger partial charge < -0.3 is 20.3 Å². The molecule has 1 rings (SSSR count). The second-order valence-corrected chi connectivity index (χ2v) is 6.65. The quantitative estimate of drug-likeness (QED) is 0.280. The SMILES string of the molecule is CN=C(NCCOCC1CC1)N(C)CC(=O)NC(C)(C)C.I. The lowest BCUT2D eigenvalue weighted by Crippen LogP contribution is -2.49. The van der Waals surface area contributed by atoms with Gasteiger partial charge >= 0.3 is 0 Å². The van der Waals surface area contributed by atoms with Crippen molar-refractivity contribution in [3.63, 3.8) is 0 Å². The van der Waals surface area contributed by atoms with E-state index in [1.54, 1.807) is 7.05 Å². The van der Waals surface area contributed by atoms with Gasteiger partial charge in [-0.1, -0.05) is 0 Å². The molecule has 0 aromatic heterocycles. The molecule has 0 radical (unpaired) electrons. The zero-order chi connectivity index (χ0) is 15.9. The highest BCUT2D eigenvalue weighted by Gasteiger charge is 2.21. The van der Waals surface area contributed by atoms with Crippen LogP contribution in [0.15, 0.2) is 4.99 Å². The molecule has 0 unspecified atom stereocenters. The minimum atomic E-state index is -0.217. The van der Waals surface area contributed by atoms with Gasteiger partial charge in [0.05, 0.1) is 13.2 Å². The summed E-state index contributed by atoms with van der Waals surface area (Å²) in [6.07, 6.45) is 2.61. The molecule has 1 aliphatic carbocycles. The molecule has 1 fully saturated rings. The monoisotopic (exact) mass is 426 g/mol. The standard InChI is InChI=1S/C15H30N4O2.HI/c1-15(2,3)18-13(20)10-19(5)14(16-4)17-8-9-21-11-12-6-7-12;/h12H,6-11H2,1-5H3,(H,16,17)(H,18,20);1H. The number of carbonyl (C=O) groups is 1. The molecule has 1 aliphatic rings. The summed E-state index contributed by atoms with van der Waals surface area (Å²) >= 11 is 0. The van der Waals surface area contributed by atoms with Crippen molar-refractivity contribution in [3.05, 3.63) is 0 Å². The van der Waals surface area contributed by atoms with Crippen molar-refractivity contribution in [3.8, 4) is 0 Å². The average molecular weight is 426 g/mol. The molecule has 0 bridgehead atoms. The van der Waals surface area contributed by atoms with Crippen LogP contribution in [-0.4, -0.2) is 62.7 Å². The predicted octanol–water partition coefficient (Wildman–Crippen LogP) is 1.45. The Kier molecular flexibility index (Phi) is 9.99. The highest BCUT2D eigenvalue weighted by atomic mass is 127. The molecule has 7 heteroatoms. The summed E-state index contributed by atoms with van der Waals surface area (Å²) in [5, 5.41) is 6.14. The van der Waals surface area contributed by atoms with Gasteiger partial charge in [0.15, 0.2) is 5.96 Å². The lowest BCUT2D eigenvalue weighted by molar-refractivity contribution is -0.122. The number of rotatable bonds is 7. The third kappa shape index (κ3) is 10.2. The van der Waals surface area contributed by atoms with E-state index in [4.69, 9.17) is 4.74 Å². The van der Waals surface area contributed by atoms with Crippen LogP contribution in [0.3, 0.4) is 0 Å². The summed E-state index contributed by atoms with van der Waals surface area (Å²) in [7, 11) is 3.56. The molecule has 0 spiro atoms. The van der Waals surface area contributed by atoms with Gasteiger partial charge in [-0.05, 0) is 39.5 Å². The fourth-order valence-electron chi connectivity index (χ4n) is 1.90. The molecular weight excluding hydrogens is 395 g/mol. The normalized spacial score (nSPS) is 15.0. The summed E-state index contributed by atoms with van der Waals surface area (Å²) in [5.41, 5.74) is -0.217.